The van der Waals surface area contributed by atoms with Gasteiger partial charge in [0.2, 0.25) is 0 Å². The first-order chi connectivity index (χ1) is 12.7. The number of hydrogen-bond donors (Lipinski definition) is 4. The molecule has 0 atom stereocenters. The van der Waals surface area contributed by atoms with E-state index in [2.05, 4.69) is 15.4 Å². The van der Waals surface area contributed by atoms with Gasteiger partial charge in [0.15, 0.2) is 11.5 Å². The molecule has 0 aliphatic rings. The molecule has 2 aromatic heterocycles. The number of ether oxygens (including phenoxy) is 2. The van der Waals surface area contributed by atoms with Gasteiger partial charge in [-0.1, -0.05) is 0 Å². The number of rotatable bonds is 6. The Balaban J connectivity index is 2.43. The molecule has 0 aliphatic heterocycles. The first-order valence-electron chi connectivity index (χ1n) is 7.89. The van der Waals surface area contributed by atoms with E-state index < -0.39 is 0 Å². The number of nitrogens with two attached hydrogens (primary N) is 1. The van der Waals surface area contributed by atoms with Crippen molar-refractivity contribution in [3.63, 3.8) is 0 Å². The largest absolute Gasteiger partial charge is 0.493 e. The zero-order valence-electron chi connectivity index (χ0n) is 14.5. The number of aliphatic hydroxyl groups excluding tert-OH is 2. The molecule has 0 saturated carbocycles. The minimum Gasteiger partial charge on any atom is -0.493 e. The van der Waals surface area contributed by atoms with Gasteiger partial charge < -0.3 is 25.1 Å². The number of benzene rings is 1. The van der Waals surface area contributed by atoms with Crippen molar-refractivity contribution in [2.45, 2.75) is 13.2 Å². The summed E-state index contributed by atoms with van der Waals surface area (Å²) in [5.41, 5.74) is 5.53. The Morgan fingerprint density at radius 2 is 1.81 bits per heavy atom. The molecule has 8 nitrogen and oxygen atoms in total. The van der Waals surface area contributed by atoms with Gasteiger partial charge >= 0.3 is 0 Å². The van der Waals surface area contributed by atoms with Crippen molar-refractivity contribution in [3.8, 4) is 22.6 Å². The van der Waals surface area contributed by atoms with Crippen LogP contribution in [0.25, 0.3) is 22.0 Å². The second-order valence-electron chi connectivity index (χ2n) is 5.53. The van der Waals surface area contributed by atoms with Gasteiger partial charge in [-0.05, 0) is 29.3 Å². The van der Waals surface area contributed by atoms with Crippen LogP contribution in [0, 0.1) is 0 Å². The Labute approximate surface area is 150 Å². The molecule has 0 spiro atoms. The standard InChI is InChI=1S/C18H20N4O4/c1-25-15-6-11-13(7-16(15)26-2)21-14(9-24)12(8-23)18(11)10-3-4-20-17(5-10)22-19/h3-7,23-24H,8-9,19H2,1-2H3,(H,20,22). The molecule has 0 bridgehead atoms. The maximum absolute atomic E-state index is 9.94. The lowest BCUT2D eigenvalue weighted by Crippen LogP contribution is -2.08. The van der Waals surface area contributed by atoms with E-state index in [-0.39, 0.29) is 13.2 Å². The fourth-order valence-corrected chi connectivity index (χ4v) is 2.98. The summed E-state index contributed by atoms with van der Waals surface area (Å²) in [5.74, 6) is 7.01. The lowest BCUT2D eigenvalue weighted by atomic mass is 9.94. The summed E-state index contributed by atoms with van der Waals surface area (Å²) in [5, 5.41) is 20.4. The molecule has 26 heavy (non-hydrogen) atoms. The fraction of sp³-hybridized carbons (Fsp3) is 0.222. The van der Waals surface area contributed by atoms with Gasteiger partial charge in [-0.3, -0.25) is 0 Å². The molecule has 0 amide bonds. The van der Waals surface area contributed by atoms with Crippen molar-refractivity contribution in [1.29, 1.82) is 0 Å². The number of aromatic nitrogens is 2. The van der Waals surface area contributed by atoms with Crippen LogP contribution in [0.15, 0.2) is 30.5 Å². The second-order valence-corrected chi connectivity index (χ2v) is 5.53. The van der Waals surface area contributed by atoms with Crippen molar-refractivity contribution in [2.24, 2.45) is 5.84 Å². The van der Waals surface area contributed by atoms with Crippen LogP contribution < -0.4 is 20.7 Å². The highest BCUT2D eigenvalue weighted by atomic mass is 16.5. The number of fused-ring (bicyclic) bond motifs is 1. The maximum atomic E-state index is 9.94. The van der Waals surface area contributed by atoms with Gasteiger partial charge in [-0.15, -0.1) is 0 Å². The van der Waals surface area contributed by atoms with Crippen molar-refractivity contribution < 1.29 is 19.7 Å². The number of nitrogens with one attached hydrogen (secondary N) is 1. The van der Waals surface area contributed by atoms with Crippen LogP contribution in [-0.2, 0) is 13.2 Å². The maximum Gasteiger partial charge on any atom is 0.162 e. The number of hydrogen-bond acceptors (Lipinski definition) is 8. The van der Waals surface area contributed by atoms with E-state index in [0.29, 0.717) is 34.1 Å². The molecule has 2 heterocycles. The molecule has 3 aromatic rings. The van der Waals surface area contributed by atoms with Crippen LogP contribution in [-0.4, -0.2) is 34.4 Å². The SMILES string of the molecule is COc1cc2nc(CO)c(CO)c(-c3ccnc(NN)c3)c2cc1OC. The van der Waals surface area contributed by atoms with Crippen LogP contribution in [0.3, 0.4) is 0 Å². The number of anilines is 1. The molecule has 0 radical (unpaired) electrons. The summed E-state index contributed by atoms with van der Waals surface area (Å²) in [7, 11) is 3.09. The van der Waals surface area contributed by atoms with Gasteiger partial charge in [-0.2, -0.15) is 0 Å². The van der Waals surface area contributed by atoms with Gasteiger partial charge in [-0.25, -0.2) is 15.8 Å². The van der Waals surface area contributed by atoms with Gasteiger partial charge in [0, 0.05) is 23.2 Å². The highest BCUT2D eigenvalue weighted by Gasteiger charge is 2.19. The topological polar surface area (TPSA) is 123 Å². The smallest absolute Gasteiger partial charge is 0.162 e. The Morgan fingerprint density at radius 3 is 2.42 bits per heavy atom. The van der Waals surface area contributed by atoms with E-state index in [1.165, 1.54) is 0 Å². The van der Waals surface area contributed by atoms with Crippen LogP contribution in [0.4, 0.5) is 5.82 Å². The van der Waals surface area contributed by atoms with Crippen molar-refractivity contribution in [2.75, 3.05) is 19.6 Å². The summed E-state index contributed by atoms with van der Waals surface area (Å²) in [6.45, 7) is -0.587. The van der Waals surface area contributed by atoms with E-state index in [0.717, 1.165) is 16.5 Å². The Hall–Kier alpha value is -2.94. The summed E-state index contributed by atoms with van der Waals surface area (Å²) in [6, 6.07) is 7.09. The third-order valence-corrected chi connectivity index (χ3v) is 4.18. The number of methoxy groups -OCH3 is 2. The average molecular weight is 356 g/mol. The third kappa shape index (κ3) is 3.01. The quantitative estimate of drug-likeness (QED) is 0.388. The molecular formula is C18H20N4O4. The van der Waals surface area contributed by atoms with E-state index in [4.69, 9.17) is 15.3 Å². The van der Waals surface area contributed by atoms with Gasteiger partial charge in [0.05, 0.1) is 38.6 Å². The Morgan fingerprint density at radius 1 is 1.08 bits per heavy atom. The zero-order valence-corrected chi connectivity index (χ0v) is 14.5. The lowest BCUT2D eigenvalue weighted by molar-refractivity contribution is 0.257. The second kappa shape index (κ2) is 7.52. The number of hydrazine groups is 1. The van der Waals surface area contributed by atoms with Crippen LogP contribution in [0.1, 0.15) is 11.3 Å². The average Bonchev–Trinajstić information content (AvgIpc) is 2.70. The first kappa shape index (κ1) is 17.9. The molecule has 0 aliphatic carbocycles. The van der Waals surface area contributed by atoms with Crippen molar-refractivity contribution >= 4 is 16.7 Å². The molecule has 0 unspecified atom stereocenters. The molecule has 5 N–H and O–H groups in total. The van der Waals surface area contributed by atoms with Crippen LogP contribution in [0.2, 0.25) is 0 Å². The normalized spacial score (nSPS) is 10.8. The predicted molar refractivity (Wildman–Crippen MR) is 97.7 cm³/mol. The predicted octanol–water partition coefficient (Wildman–Crippen LogP) is 1.58. The van der Waals surface area contributed by atoms with Crippen molar-refractivity contribution in [1.82, 2.24) is 9.97 Å². The first-order valence-corrected chi connectivity index (χ1v) is 7.89. The molecule has 8 heteroatoms. The van der Waals surface area contributed by atoms with E-state index >= 15 is 0 Å². The highest BCUT2D eigenvalue weighted by molar-refractivity contribution is 5.98. The molecule has 0 fully saturated rings. The van der Waals surface area contributed by atoms with E-state index in [9.17, 15) is 10.2 Å². The molecule has 3 rings (SSSR count). The summed E-state index contributed by atoms with van der Waals surface area (Å²) in [6.07, 6.45) is 1.61. The summed E-state index contributed by atoms with van der Waals surface area (Å²) < 4.78 is 10.7. The monoisotopic (exact) mass is 356 g/mol. The highest BCUT2D eigenvalue weighted by Crippen LogP contribution is 2.39. The molecule has 0 saturated heterocycles. The Kier molecular flexibility index (Phi) is 5.17. The van der Waals surface area contributed by atoms with E-state index in [1.807, 2.05) is 0 Å². The fourth-order valence-electron chi connectivity index (χ4n) is 2.98. The van der Waals surface area contributed by atoms with Gasteiger partial charge in [0.1, 0.15) is 5.82 Å². The number of pyridine rings is 2. The van der Waals surface area contributed by atoms with Crippen LogP contribution >= 0.6 is 0 Å². The summed E-state index contributed by atoms with van der Waals surface area (Å²) in [4.78, 5) is 8.59. The molecule has 1 aromatic carbocycles. The van der Waals surface area contributed by atoms with Gasteiger partial charge in [0.25, 0.3) is 0 Å². The minimum atomic E-state index is -0.305. The van der Waals surface area contributed by atoms with E-state index in [1.54, 1.807) is 44.7 Å². The molecular weight excluding hydrogens is 336 g/mol. The zero-order chi connectivity index (χ0) is 18.7. The number of nitrogen functional groups attached to an aromatic ring is 1. The summed E-state index contributed by atoms with van der Waals surface area (Å²) >= 11 is 0. The van der Waals surface area contributed by atoms with Crippen LogP contribution in [0.5, 0.6) is 11.5 Å². The van der Waals surface area contributed by atoms with Crippen molar-refractivity contribution in [3.05, 3.63) is 41.7 Å². The number of aliphatic hydroxyl groups is 2. The Bertz CT molecular complexity index is 941. The molecule has 136 valence electrons. The lowest BCUT2D eigenvalue weighted by Gasteiger charge is -2.17. The minimum absolute atomic E-state index is 0.282. The number of nitrogens with zero attached hydrogens (tertiary/aromatic N) is 2. The third-order valence-electron chi connectivity index (χ3n) is 4.18.